The monoisotopic (exact) mass is 287 g/mol. The third-order valence-electron chi connectivity index (χ3n) is 5.63. The minimum Gasteiger partial charge on any atom is -0.329 e. The van der Waals surface area contributed by atoms with Crippen LogP contribution in [0.5, 0.6) is 0 Å². The lowest BCUT2D eigenvalue weighted by Crippen LogP contribution is -2.54. The maximum Gasteiger partial charge on any atom is 0.0467 e. The third-order valence-corrected chi connectivity index (χ3v) is 5.63. The summed E-state index contributed by atoms with van der Waals surface area (Å²) in [5, 5.41) is 0. The fraction of sp³-hybridized carbons (Fsp3) is 0.667. The number of hydrogen-bond acceptors (Lipinski definition) is 3. The Hall–Kier alpha value is -0.900. The zero-order valence-electron chi connectivity index (χ0n) is 13.5. The van der Waals surface area contributed by atoms with Gasteiger partial charge in [0.05, 0.1) is 0 Å². The Balaban J connectivity index is 1.59. The second-order valence-corrected chi connectivity index (χ2v) is 7.23. The summed E-state index contributed by atoms with van der Waals surface area (Å²) in [5.41, 5.74) is 7.79. The lowest BCUT2D eigenvalue weighted by Gasteiger charge is -2.38. The van der Waals surface area contributed by atoms with E-state index in [9.17, 15) is 0 Å². The molecular weight excluding hydrogens is 258 g/mol. The molecule has 1 aromatic rings. The van der Waals surface area contributed by atoms with Crippen molar-refractivity contribution in [1.82, 2.24) is 9.80 Å². The molecule has 1 aliphatic heterocycles. The van der Waals surface area contributed by atoms with Gasteiger partial charge in [-0.3, -0.25) is 9.80 Å². The van der Waals surface area contributed by atoms with Crippen LogP contribution in [0.15, 0.2) is 30.3 Å². The zero-order valence-corrected chi connectivity index (χ0v) is 13.5. The third kappa shape index (κ3) is 3.31. The smallest absolute Gasteiger partial charge is 0.0467 e. The quantitative estimate of drug-likeness (QED) is 0.870. The van der Waals surface area contributed by atoms with Gasteiger partial charge in [0.15, 0.2) is 0 Å². The lowest BCUT2D eigenvalue weighted by atomic mass is 9.96. The van der Waals surface area contributed by atoms with Gasteiger partial charge >= 0.3 is 0 Å². The number of nitrogens with two attached hydrogens (primary N) is 1. The first-order valence-corrected chi connectivity index (χ1v) is 8.30. The van der Waals surface area contributed by atoms with Crippen molar-refractivity contribution in [1.29, 1.82) is 0 Å². The molecule has 21 heavy (non-hydrogen) atoms. The number of likely N-dealkylation sites (N-methyl/N-ethyl adjacent to an activating group) is 1. The second kappa shape index (κ2) is 6.07. The highest BCUT2D eigenvalue weighted by atomic mass is 15.3. The molecule has 2 aliphatic rings. The number of rotatable bonds is 6. The highest BCUT2D eigenvalue weighted by Crippen LogP contribution is 2.40. The predicted molar refractivity (Wildman–Crippen MR) is 88.0 cm³/mol. The molecule has 0 amide bonds. The zero-order chi connectivity index (χ0) is 14.9. The van der Waals surface area contributed by atoms with Gasteiger partial charge in [-0.15, -0.1) is 0 Å². The van der Waals surface area contributed by atoms with E-state index in [1.165, 1.54) is 24.9 Å². The van der Waals surface area contributed by atoms with Crippen molar-refractivity contribution < 1.29 is 0 Å². The van der Waals surface area contributed by atoms with Crippen molar-refractivity contribution in [3.05, 3.63) is 35.9 Å². The van der Waals surface area contributed by atoms with Crippen LogP contribution in [-0.4, -0.2) is 48.6 Å². The van der Waals surface area contributed by atoms with Crippen molar-refractivity contribution >= 4 is 0 Å². The van der Waals surface area contributed by atoms with Crippen LogP contribution in [0.3, 0.4) is 0 Å². The maximum absolute atomic E-state index is 6.19. The first-order chi connectivity index (χ1) is 10.1. The number of benzene rings is 1. The van der Waals surface area contributed by atoms with E-state index in [1.807, 2.05) is 0 Å². The van der Waals surface area contributed by atoms with Crippen molar-refractivity contribution in [2.45, 2.75) is 31.8 Å². The Morgan fingerprint density at radius 3 is 2.67 bits per heavy atom. The van der Waals surface area contributed by atoms with E-state index in [2.05, 4.69) is 54.1 Å². The molecule has 1 saturated heterocycles. The summed E-state index contributed by atoms with van der Waals surface area (Å²) in [7, 11) is 2.28. The van der Waals surface area contributed by atoms with Crippen LogP contribution in [0.4, 0.5) is 0 Å². The van der Waals surface area contributed by atoms with Gasteiger partial charge < -0.3 is 5.73 Å². The van der Waals surface area contributed by atoms with E-state index in [1.54, 1.807) is 0 Å². The summed E-state index contributed by atoms with van der Waals surface area (Å²) >= 11 is 0. The fourth-order valence-corrected chi connectivity index (χ4v) is 3.75. The van der Waals surface area contributed by atoms with E-state index in [-0.39, 0.29) is 5.54 Å². The molecule has 3 atom stereocenters. The summed E-state index contributed by atoms with van der Waals surface area (Å²) in [6, 6.07) is 10.8. The molecule has 3 rings (SSSR count). The Morgan fingerprint density at radius 2 is 2.05 bits per heavy atom. The predicted octanol–water partition coefficient (Wildman–Crippen LogP) is 2.18. The highest BCUT2D eigenvalue weighted by molar-refractivity contribution is 5.15. The molecule has 0 aromatic heterocycles. The van der Waals surface area contributed by atoms with Gasteiger partial charge in [-0.1, -0.05) is 37.3 Å². The molecule has 1 heterocycles. The molecule has 3 heteroatoms. The summed E-state index contributed by atoms with van der Waals surface area (Å²) in [6.45, 7) is 7.68. The Labute approximate surface area is 129 Å². The molecule has 1 saturated carbocycles. The maximum atomic E-state index is 6.19. The average Bonchev–Trinajstić information content (AvgIpc) is 3.02. The van der Waals surface area contributed by atoms with Crippen molar-refractivity contribution in [2.24, 2.45) is 17.6 Å². The summed E-state index contributed by atoms with van der Waals surface area (Å²) < 4.78 is 0. The molecule has 2 N–H and O–H groups in total. The van der Waals surface area contributed by atoms with E-state index < -0.39 is 0 Å². The van der Waals surface area contributed by atoms with Crippen LogP contribution in [0.2, 0.25) is 0 Å². The fourth-order valence-electron chi connectivity index (χ4n) is 3.75. The van der Waals surface area contributed by atoms with Gasteiger partial charge in [0.25, 0.3) is 0 Å². The molecule has 0 spiro atoms. The Morgan fingerprint density at radius 1 is 1.33 bits per heavy atom. The molecule has 1 aromatic carbocycles. The summed E-state index contributed by atoms with van der Waals surface area (Å²) in [4.78, 5) is 5.13. The van der Waals surface area contributed by atoms with Crippen molar-refractivity contribution in [2.75, 3.05) is 33.2 Å². The summed E-state index contributed by atoms with van der Waals surface area (Å²) in [6.07, 6.45) is 2.60. The van der Waals surface area contributed by atoms with Crippen molar-refractivity contribution in [3.8, 4) is 0 Å². The minimum absolute atomic E-state index is 0.192. The number of likely N-dealkylation sites (tertiary alicyclic amines) is 1. The normalized spacial score (nSPS) is 32.8. The van der Waals surface area contributed by atoms with Crippen LogP contribution in [-0.2, 0) is 6.54 Å². The van der Waals surface area contributed by atoms with Crippen LogP contribution >= 0.6 is 0 Å². The largest absolute Gasteiger partial charge is 0.329 e. The standard InChI is InChI=1S/C18H29N3/c1-15-10-17(15)12-20(2)18(13-19)8-9-21(14-18)11-16-6-4-3-5-7-16/h3-7,15,17H,8-14,19H2,1-2H3. The van der Waals surface area contributed by atoms with Crippen molar-refractivity contribution in [3.63, 3.8) is 0 Å². The Bertz CT molecular complexity index is 461. The lowest BCUT2D eigenvalue weighted by molar-refractivity contribution is 0.121. The SMILES string of the molecule is CC1CC1CN(C)C1(CN)CCN(Cc2ccccc2)C1. The molecule has 3 unspecified atom stereocenters. The van der Waals surface area contributed by atoms with E-state index >= 15 is 0 Å². The van der Waals surface area contributed by atoms with Gasteiger partial charge in [-0.25, -0.2) is 0 Å². The van der Waals surface area contributed by atoms with Gasteiger partial charge in [0.2, 0.25) is 0 Å². The van der Waals surface area contributed by atoms with Gasteiger partial charge in [-0.05, 0) is 37.3 Å². The van der Waals surface area contributed by atoms with Gasteiger partial charge in [0.1, 0.15) is 0 Å². The first kappa shape index (κ1) is 15.0. The van der Waals surface area contributed by atoms with E-state index in [0.29, 0.717) is 0 Å². The number of hydrogen-bond donors (Lipinski definition) is 1. The molecular formula is C18H29N3. The first-order valence-electron chi connectivity index (χ1n) is 8.30. The van der Waals surface area contributed by atoms with Gasteiger partial charge in [0, 0.05) is 38.3 Å². The minimum atomic E-state index is 0.192. The van der Waals surface area contributed by atoms with Crippen LogP contribution in [0, 0.1) is 11.8 Å². The average molecular weight is 287 g/mol. The number of nitrogens with zero attached hydrogens (tertiary/aromatic N) is 2. The highest BCUT2D eigenvalue weighted by Gasteiger charge is 2.43. The molecule has 0 bridgehead atoms. The Kier molecular flexibility index (Phi) is 4.34. The van der Waals surface area contributed by atoms with E-state index in [4.69, 9.17) is 5.73 Å². The summed E-state index contributed by atoms with van der Waals surface area (Å²) in [5.74, 6) is 1.82. The van der Waals surface area contributed by atoms with Gasteiger partial charge in [-0.2, -0.15) is 0 Å². The van der Waals surface area contributed by atoms with E-state index in [0.717, 1.165) is 38.0 Å². The topological polar surface area (TPSA) is 32.5 Å². The van der Waals surface area contributed by atoms with Crippen LogP contribution in [0.25, 0.3) is 0 Å². The molecule has 1 aliphatic carbocycles. The van der Waals surface area contributed by atoms with Crippen LogP contribution in [0.1, 0.15) is 25.3 Å². The second-order valence-electron chi connectivity index (χ2n) is 7.23. The molecule has 3 nitrogen and oxygen atoms in total. The molecule has 0 radical (unpaired) electrons. The van der Waals surface area contributed by atoms with Crippen LogP contribution < -0.4 is 5.73 Å². The molecule has 2 fully saturated rings. The molecule has 116 valence electrons.